The van der Waals surface area contributed by atoms with Crippen molar-refractivity contribution in [2.45, 2.75) is 37.0 Å². The van der Waals surface area contributed by atoms with E-state index in [9.17, 15) is 28.3 Å². The van der Waals surface area contributed by atoms with E-state index in [1.165, 1.54) is 25.3 Å². The highest BCUT2D eigenvalue weighted by molar-refractivity contribution is 5.97. The Morgan fingerprint density at radius 3 is 2.56 bits per heavy atom. The van der Waals surface area contributed by atoms with Crippen molar-refractivity contribution in [1.29, 1.82) is 5.26 Å². The van der Waals surface area contributed by atoms with Crippen LogP contribution in [-0.2, 0) is 11.0 Å². The van der Waals surface area contributed by atoms with Crippen molar-refractivity contribution in [3.8, 4) is 11.8 Å². The fourth-order valence-corrected chi connectivity index (χ4v) is 5.82. The lowest BCUT2D eigenvalue weighted by atomic mass is 9.61. The second-order valence-electron chi connectivity index (χ2n) is 9.24. The molecule has 0 spiro atoms. The summed E-state index contributed by atoms with van der Waals surface area (Å²) >= 11 is 0. The number of alkyl halides is 3. The molecule has 0 amide bonds. The second kappa shape index (κ2) is 9.40. The smallest absolute Gasteiger partial charge is 0.416 e. The first-order valence-corrected chi connectivity index (χ1v) is 11.3. The van der Waals surface area contributed by atoms with Crippen LogP contribution in [0, 0.1) is 29.1 Å². The third-order valence-electron chi connectivity index (χ3n) is 7.29. The molecule has 5 atom stereocenters. The summed E-state index contributed by atoms with van der Waals surface area (Å²) in [5.41, 5.74) is -2.75. The number of Topliss-reactive ketones (excluding diaryl/α,β-unsaturated/α-hetero) is 1. The van der Waals surface area contributed by atoms with Crippen molar-refractivity contribution >= 4 is 5.78 Å². The van der Waals surface area contributed by atoms with Crippen LogP contribution in [0.4, 0.5) is 13.2 Å². The SMILES string of the molecule is COc1ccccc1C(C(=O)[C@]1(O)C[C@H](CC#N)C[C@H]2CNC[C@H]21)c1ccccc1C(F)(F)F. The summed E-state index contributed by atoms with van der Waals surface area (Å²) in [5, 5.41) is 24.4. The number of ketones is 1. The highest BCUT2D eigenvalue weighted by atomic mass is 19.4. The zero-order valence-corrected chi connectivity index (χ0v) is 18.8. The molecule has 1 aliphatic heterocycles. The Labute approximate surface area is 196 Å². The predicted octanol–water partition coefficient (Wildman–Crippen LogP) is 4.31. The molecule has 0 bridgehead atoms. The molecule has 5 nitrogen and oxygen atoms in total. The van der Waals surface area contributed by atoms with Crippen LogP contribution in [0.1, 0.15) is 41.9 Å². The summed E-state index contributed by atoms with van der Waals surface area (Å²) in [6.45, 7) is 0.992. The van der Waals surface area contributed by atoms with E-state index in [1.54, 1.807) is 24.3 Å². The van der Waals surface area contributed by atoms with Crippen molar-refractivity contribution in [3.05, 3.63) is 65.2 Å². The number of carbonyl (C=O) groups excluding carboxylic acids is 1. The number of rotatable bonds is 6. The summed E-state index contributed by atoms with van der Waals surface area (Å²) in [6, 6.07) is 13.6. The number of benzene rings is 2. The number of para-hydroxylation sites is 1. The van der Waals surface area contributed by atoms with Crippen molar-refractivity contribution < 1.29 is 27.8 Å². The van der Waals surface area contributed by atoms with Crippen molar-refractivity contribution in [2.75, 3.05) is 20.2 Å². The molecule has 2 aliphatic rings. The van der Waals surface area contributed by atoms with E-state index in [0.717, 1.165) is 6.07 Å². The Morgan fingerprint density at radius 1 is 1.21 bits per heavy atom. The minimum Gasteiger partial charge on any atom is -0.496 e. The molecule has 1 saturated heterocycles. The maximum atomic E-state index is 14.3. The van der Waals surface area contributed by atoms with Crippen molar-refractivity contribution in [1.82, 2.24) is 5.32 Å². The minimum atomic E-state index is -4.69. The van der Waals surface area contributed by atoms with E-state index < -0.39 is 35.0 Å². The first-order chi connectivity index (χ1) is 16.2. The summed E-state index contributed by atoms with van der Waals surface area (Å²) in [5.74, 6) is -2.48. The lowest BCUT2D eigenvalue weighted by Gasteiger charge is -2.45. The number of fused-ring (bicyclic) bond motifs is 1. The van der Waals surface area contributed by atoms with Gasteiger partial charge in [-0.3, -0.25) is 4.79 Å². The summed E-state index contributed by atoms with van der Waals surface area (Å²) < 4.78 is 47.5. The second-order valence-corrected chi connectivity index (χ2v) is 9.24. The standard InChI is InChI=1S/C26H27F3N2O3/c1-34-22-9-5-3-7-19(22)23(18-6-2-4-8-20(18)26(27,28)29)24(32)25(33)13-16(10-11-30)12-17-14-31-15-21(17)25/h2-9,16-17,21,23,31,33H,10,12-15H2,1H3/t16-,17+,21-,23?,25+/m1/s1. The molecule has 0 radical (unpaired) electrons. The molecule has 1 heterocycles. The molecule has 4 rings (SSSR count). The van der Waals surface area contributed by atoms with E-state index in [4.69, 9.17) is 4.74 Å². The van der Waals surface area contributed by atoms with Gasteiger partial charge in [0.25, 0.3) is 0 Å². The molecule has 1 saturated carbocycles. The van der Waals surface area contributed by atoms with E-state index in [2.05, 4.69) is 11.4 Å². The molecule has 8 heteroatoms. The molecule has 34 heavy (non-hydrogen) atoms. The van der Waals surface area contributed by atoms with E-state index in [1.807, 2.05) is 0 Å². The Bertz CT molecular complexity index is 1100. The van der Waals surface area contributed by atoms with Crippen LogP contribution in [0.5, 0.6) is 5.75 Å². The van der Waals surface area contributed by atoms with Gasteiger partial charge < -0.3 is 15.2 Å². The Kier molecular flexibility index (Phi) is 6.70. The number of nitrogens with one attached hydrogen (secondary N) is 1. The molecule has 2 aromatic rings. The van der Waals surface area contributed by atoms with Gasteiger partial charge in [0.05, 0.1) is 24.7 Å². The molecule has 1 aliphatic carbocycles. The average molecular weight is 473 g/mol. The van der Waals surface area contributed by atoms with Crippen LogP contribution in [-0.4, -0.2) is 36.7 Å². The largest absolute Gasteiger partial charge is 0.496 e. The number of hydrogen-bond donors (Lipinski definition) is 2. The fourth-order valence-electron chi connectivity index (χ4n) is 5.82. The highest BCUT2D eigenvalue weighted by Crippen LogP contribution is 2.49. The van der Waals surface area contributed by atoms with Gasteiger partial charge in [0, 0.05) is 24.4 Å². The predicted molar refractivity (Wildman–Crippen MR) is 119 cm³/mol. The Hall–Kier alpha value is -2.89. The number of nitriles is 1. The highest BCUT2D eigenvalue weighted by Gasteiger charge is 2.56. The summed E-state index contributed by atoms with van der Waals surface area (Å²) in [6.07, 6.45) is -3.77. The first-order valence-electron chi connectivity index (χ1n) is 11.3. The van der Waals surface area contributed by atoms with Crippen LogP contribution < -0.4 is 10.1 Å². The van der Waals surface area contributed by atoms with Gasteiger partial charge >= 0.3 is 6.18 Å². The van der Waals surface area contributed by atoms with Gasteiger partial charge in [0.1, 0.15) is 11.4 Å². The van der Waals surface area contributed by atoms with E-state index in [0.29, 0.717) is 19.5 Å². The lowest BCUT2D eigenvalue weighted by Crippen LogP contribution is -2.55. The van der Waals surface area contributed by atoms with Crippen LogP contribution in [0.3, 0.4) is 0 Å². The Balaban J connectivity index is 1.90. The van der Waals surface area contributed by atoms with Crippen LogP contribution >= 0.6 is 0 Å². The molecular weight excluding hydrogens is 445 g/mol. The van der Waals surface area contributed by atoms with Gasteiger partial charge in [-0.1, -0.05) is 36.4 Å². The molecule has 2 aromatic carbocycles. The fraction of sp³-hybridized carbons (Fsp3) is 0.462. The van der Waals surface area contributed by atoms with Crippen LogP contribution in [0.2, 0.25) is 0 Å². The van der Waals surface area contributed by atoms with E-state index in [-0.39, 0.29) is 41.6 Å². The molecule has 2 fully saturated rings. The van der Waals surface area contributed by atoms with Crippen LogP contribution in [0.25, 0.3) is 0 Å². The molecule has 2 N–H and O–H groups in total. The number of methoxy groups -OCH3 is 1. The zero-order chi connectivity index (χ0) is 24.5. The first kappa shape index (κ1) is 24.2. The molecule has 0 aromatic heterocycles. The lowest BCUT2D eigenvalue weighted by molar-refractivity contribution is -0.153. The molecule has 1 unspecified atom stereocenters. The maximum absolute atomic E-state index is 14.3. The normalized spacial score (nSPS) is 27.5. The monoisotopic (exact) mass is 472 g/mol. The average Bonchev–Trinajstić information content (AvgIpc) is 3.29. The van der Waals surface area contributed by atoms with E-state index >= 15 is 0 Å². The van der Waals surface area contributed by atoms with Gasteiger partial charge in [0.15, 0.2) is 5.78 Å². The number of aliphatic hydroxyl groups is 1. The number of hydrogen-bond acceptors (Lipinski definition) is 5. The third-order valence-corrected chi connectivity index (χ3v) is 7.29. The maximum Gasteiger partial charge on any atom is 0.416 e. The van der Waals surface area contributed by atoms with Gasteiger partial charge in [-0.25, -0.2) is 0 Å². The van der Waals surface area contributed by atoms with Gasteiger partial charge in [-0.05, 0) is 48.9 Å². The molecular formula is C26H27F3N2O3. The van der Waals surface area contributed by atoms with Gasteiger partial charge in [-0.15, -0.1) is 0 Å². The van der Waals surface area contributed by atoms with Gasteiger partial charge in [0.2, 0.25) is 0 Å². The van der Waals surface area contributed by atoms with Crippen LogP contribution in [0.15, 0.2) is 48.5 Å². The Morgan fingerprint density at radius 2 is 1.88 bits per heavy atom. The zero-order valence-electron chi connectivity index (χ0n) is 18.8. The summed E-state index contributed by atoms with van der Waals surface area (Å²) in [7, 11) is 1.39. The number of nitrogens with zero attached hydrogens (tertiary/aromatic N) is 1. The van der Waals surface area contributed by atoms with Gasteiger partial charge in [-0.2, -0.15) is 18.4 Å². The third kappa shape index (κ3) is 4.30. The number of halogens is 3. The minimum absolute atomic E-state index is 0.0303. The number of ether oxygens (including phenoxy) is 1. The molecule has 180 valence electrons. The summed E-state index contributed by atoms with van der Waals surface area (Å²) in [4.78, 5) is 14.3. The van der Waals surface area contributed by atoms with Crippen molar-refractivity contribution in [2.24, 2.45) is 17.8 Å². The topological polar surface area (TPSA) is 82.3 Å². The number of carbonyl (C=O) groups is 1. The quantitative estimate of drug-likeness (QED) is 0.655. The van der Waals surface area contributed by atoms with Crippen molar-refractivity contribution in [3.63, 3.8) is 0 Å².